The zero-order valence-corrected chi connectivity index (χ0v) is 21.7. The van der Waals surface area contributed by atoms with Crippen LogP contribution >= 0.6 is 20.8 Å². The molecular formula is C21H27ClFN4O5PS. The van der Waals surface area contributed by atoms with Gasteiger partial charge in [0.1, 0.15) is 16.7 Å². The molecule has 0 aliphatic rings. The second-order valence-electron chi connectivity index (χ2n) is 7.55. The highest BCUT2D eigenvalue weighted by molar-refractivity contribution is 7.82. The van der Waals surface area contributed by atoms with E-state index < -0.39 is 29.3 Å². The SMILES string of the molecule is CN(CCN(CC(=O)NO)S(=O)c1cc(F)c(Oc2ccc(Cl)cc2)c(P)c1)CC(=O)N(C)C. The van der Waals surface area contributed by atoms with E-state index in [1.165, 1.54) is 20.8 Å². The Morgan fingerprint density at radius 3 is 2.35 bits per heavy atom. The summed E-state index contributed by atoms with van der Waals surface area (Å²) >= 11 is 5.85. The van der Waals surface area contributed by atoms with Crippen molar-refractivity contribution < 1.29 is 28.1 Å². The van der Waals surface area contributed by atoms with Crippen molar-refractivity contribution in [2.24, 2.45) is 0 Å². The molecule has 2 amide bonds. The number of rotatable bonds is 11. The van der Waals surface area contributed by atoms with Gasteiger partial charge < -0.3 is 9.64 Å². The number of hydrogen-bond acceptors (Lipinski definition) is 6. The fourth-order valence-corrected chi connectivity index (χ4v) is 4.55. The summed E-state index contributed by atoms with van der Waals surface area (Å²) in [5.41, 5.74) is 1.50. The smallest absolute Gasteiger partial charge is 0.258 e. The van der Waals surface area contributed by atoms with Gasteiger partial charge in [0.15, 0.2) is 11.6 Å². The number of halogens is 2. The Kier molecular flexibility index (Phi) is 10.8. The molecule has 0 saturated carbocycles. The molecule has 0 aliphatic heterocycles. The predicted octanol–water partition coefficient (Wildman–Crippen LogP) is 1.62. The van der Waals surface area contributed by atoms with Crippen LogP contribution in [0.1, 0.15) is 0 Å². The Bertz CT molecular complexity index is 1020. The van der Waals surface area contributed by atoms with Crippen LogP contribution in [0.3, 0.4) is 0 Å². The molecule has 0 radical (unpaired) electrons. The highest BCUT2D eigenvalue weighted by Gasteiger charge is 2.22. The van der Waals surface area contributed by atoms with Gasteiger partial charge in [-0.05, 0) is 43.4 Å². The number of nitrogens with zero attached hydrogens (tertiary/aromatic N) is 3. The number of hydroxylamine groups is 1. The van der Waals surface area contributed by atoms with Crippen molar-refractivity contribution in [2.75, 3.05) is 47.3 Å². The van der Waals surface area contributed by atoms with Crippen LogP contribution in [-0.2, 0) is 20.6 Å². The van der Waals surface area contributed by atoms with Gasteiger partial charge in [-0.1, -0.05) is 11.6 Å². The van der Waals surface area contributed by atoms with Crippen molar-refractivity contribution in [3.8, 4) is 11.5 Å². The first kappa shape index (κ1) is 28.1. The first-order chi connectivity index (χ1) is 16.0. The average molecular weight is 533 g/mol. The second-order valence-corrected chi connectivity index (χ2v) is 10.1. The van der Waals surface area contributed by atoms with Crippen LogP contribution in [0.4, 0.5) is 4.39 Å². The predicted molar refractivity (Wildman–Crippen MR) is 131 cm³/mol. The van der Waals surface area contributed by atoms with E-state index in [-0.39, 0.29) is 36.2 Å². The fraction of sp³-hybridized carbons (Fsp3) is 0.333. The number of amides is 2. The summed E-state index contributed by atoms with van der Waals surface area (Å²) in [6.45, 7) is 0.113. The molecule has 2 rings (SSSR count). The molecule has 34 heavy (non-hydrogen) atoms. The molecule has 2 N–H and O–H groups in total. The third-order valence-electron chi connectivity index (χ3n) is 4.60. The van der Waals surface area contributed by atoms with Crippen molar-refractivity contribution >= 4 is 48.9 Å². The summed E-state index contributed by atoms with van der Waals surface area (Å²) in [4.78, 5) is 26.9. The highest BCUT2D eigenvalue weighted by Crippen LogP contribution is 2.27. The van der Waals surface area contributed by atoms with Gasteiger partial charge in [-0.2, -0.15) is 0 Å². The van der Waals surface area contributed by atoms with Crippen LogP contribution in [0.5, 0.6) is 11.5 Å². The molecule has 9 nitrogen and oxygen atoms in total. The van der Waals surface area contributed by atoms with Crippen molar-refractivity contribution in [1.29, 1.82) is 0 Å². The maximum Gasteiger partial charge on any atom is 0.258 e. The van der Waals surface area contributed by atoms with Crippen LogP contribution in [0, 0.1) is 5.82 Å². The maximum atomic E-state index is 14.9. The Morgan fingerprint density at radius 2 is 1.79 bits per heavy atom. The van der Waals surface area contributed by atoms with E-state index in [4.69, 9.17) is 21.5 Å². The molecule has 0 aliphatic carbocycles. The van der Waals surface area contributed by atoms with Crippen LogP contribution in [0.25, 0.3) is 0 Å². The van der Waals surface area contributed by atoms with E-state index in [0.717, 1.165) is 6.07 Å². The van der Waals surface area contributed by atoms with Gasteiger partial charge in [-0.3, -0.25) is 19.7 Å². The molecule has 0 bridgehead atoms. The van der Waals surface area contributed by atoms with Crippen molar-refractivity contribution in [3.05, 3.63) is 47.2 Å². The molecule has 0 heterocycles. The van der Waals surface area contributed by atoms with Crippen LogP contribution in [0.2, 0.25) is 5.02 Å². The van der Waals surface area contributed by atoms with E-state index in [2.05, 4.69) is 9.24 Å². The normalized spacial score (nSPS) is 12.0. The van der Waals surface area contributed by atoms with Gasteiger partial charge in [0.2, 0.25) is 5.91 Å². The average Bonchev–Trinajstić information content (AvgIpc) is 2.79. The molecule has 2 atom stereocenters. The third kappa shape index (κ3) is 8.26. The summed E-state index contributed by atoms with van der Waals surface area (Å²) in [6.07, 6.45) is 0. The first-order valence-electron chi connectivity index (χ1n) is 10.0. The Balaban J connectivity index is 2.20. The van der Waals surface area contributed by atoms with Crippen molar-refractivity contribution in [1.82, 2.24) is 19.6 Å². The van der Waals surface area contributed by atoms with Crippen molar-refractivity contribution in [3.63, 3.8) is 0 Å². The molecule has 186 valence electrons. The lowest BCUT2D eigenvalue weighted by Gasteiger charge is -2.24. The first-order valence-corrected chi connectivity index (χ1v) is 12.1. The van der Waals surface area contributed by atoms with E-state index in [9.17, 15) is 18.2 Å². The summed E-state index contributed by atoms with van der Waals surface area (Å²) in [6, 6.07) is 8.92. The molecular weight excluding hydrogens is 506 g/mol. The number of benzene rings is 2. The topological polar surface area (TPSA) is 102 Å². The van der Waals surface area contributed by atoms with Gasteiger partial charge in [-0.15, -0.1) is 9.24 Å². The minimum absolute atomic E-state index is 0.0605. The molecule has 13 heteroatoms. The standard InChI is InChI=1S/C21H27ClFN4O5PS/c1-25(2)20(29)13-26(3)8-9-27(12-19(28)24-30)34(31)16-10-17(23)21(18(33)11-16)32-15-6-4-14(22)5-7-15/h4-7,10-11,30H,8-9,12-13,33H2,1-3H3,(H,24,28). The number of nitrogens with one attached hydrogen (secondary N) is 1. The summed E-state index contributed by atoms with van der Waals surface area (Å²) in [7, 11) is 5.37. The number of ether oxygens (including phenoxy) is 1. The van der Waals surface area contributed by atoms with Gasteiger partial charge >= 0.3 is 0 Å². The van der Waals surface area contributed by atoms with Gasteiger partial charge in [0.25, 0.3) is 5.91 Å². The Labute approximate surface area is 207 Å². The molecule has 2 aromatic rings. The molecule has 0 saturated heterocycles. The number of carbonyl (C=O) groups excluding carboxylic acids is 2. The summed E-state index contributed by atoms with van der Waals surface area (Å²) in [5.74, 6) is -1.33. The lowest BCUT2D eigenvalue weighted by atomic mass is 10.3. The monoisotopic (exact) mass is 532 g/mol. The van der Waals surface area contributed by atoms with Crippen molar-refractivity contribution in [2.45, 2.75) is 4.90 Å². The van der Waals surface area contributed by atoms with Crippen LogP contribution in [-0.4, -0.2) is 82.7 Å². The fourth-order valence-electron chi connectivity index (χ4n) is 2.72. The van der Waals surface area contributed by atoms with Crippen LogP contribution in [0.15, 0.2) is 41.3 Å². The second kappa shape index (κ2) is 13.1. The Morgan fingerprint density at radius 1 is 1.15 bits per heavy atom. The number of hydrogen-bond donors (Lipinski definition) is 2. The quantitative estimate of drug-likeness (QED) is 0.259. The molecule has 2 unspecified atom stereocenters. The van der Waals surface area contributed by atoms with Gasteiger partial charge in [0, 0.05) is 37.5 Å². The molecule has 0 aromatic heterocycles. The van der Waals surface area contributed by atoms with E-state index in [1.54, 1.807) is 50.3 Å². The molecule has 2 aromatic carbocycles. The molecule has 0 spiro atoms. The lowest BCUT2D eigenvalue weighted by molar-refractivity contribution is -0.130. The number of carbonyl (C=O) groups is 2. The Hall–Kier alpha value is -2.14. The summed E-state index contributed by atoms with van der Waals surface area (Å²) in [5, 5.41) is 9.73. The van der Waals surface area contributed by atoms with Gasteiger partial charge in [0.05, 0.1) is 18.0 Å². The highest BCUT2D eigenvalue weighted by atomic mass is 35.5. The van der Waals surface area contributed by atoms with Gasteiger partial charge in [-0.25, -0.2) is 18.4 Å². The zero-order chi connectivity index (χ0) is 25.4. The third-order valence-corrected chi connectivity index (χ3v) is 6.70. The zero-order valence-electron chi connectivity index (χ0n) is 19.0. The number of likely N-dealkylation sites (N-methyl/N-ethyl adjacent to an activating group) is 2. The maximum absolute atomic E-state index is 14.9. The minimum Gasteiger partial charge on any atom is -0.454 e. The largest absolute Gasteiger partial charge is 0.454 e. The van der Waals surface area contributed by atoms with Crippen LogP contribution < -0.4 is 15.5 Å². The van der Waals surface area contributed by atoms with E-state index in [1.807, 2.05) is 0 Å². The van der Waals surface area contributed by atoms with E-state index in [0.29, 0.717) is 16.1 Å². The molecule has 0 fully saturated rings. The van der Waals surface area contributed by atoms with E-state index >= 15 is 0 Å². The lowest BCUT2D eigenvalue weighted by Crippen LogP contribution is -2.42. The minimum atomic E-state index is -1.95. The summed E-state index contributed by atoms with van der Waals surface area (Å²) < 4.78 is 34.9.